The maximum atomic E-state index is 12.5. The van der Waals surface area contributed by atoms with E-state index >= 15 is 0 Å². The molecule has 0 aromatic heterocycles. The molecule has 9 atom stereocenters. The van der Waals surface area contributed by atoms with Crippen molar-refractivity contribution >= 4 is 36.2 Å². The van der Waals surface area contributed by atoms with E-state index in [-0.39, 0.29) is 55.5 Å². The second-order valence-corrected chi connectivity index (χ2v) is 22.0. The van der Waals surface area contributed by atoms with Gasteiger partial charge in [0.1, 0.15) is 54.7 Å². The van der Waals surface area contributed by atoms with Crippen LogP contribution in [0, 0.1) is 35.5 Å². The van der Waals surface area contributed by atoms with Crippen LogP contribution >= 0.6 is 0 Å². The highest BCUT2D eigenvalue weighted by atomic mass is 16.6. The Hall–Kier alpha value is -6.12. The van der Waals surface area contributed by atoms with Crippen LogP contribution in [0.2, 0.25) is 0 Å². The smallest absolute Gasteiger partial charge is 0.411 e. The Morgan fingerprint density at radius 2 is 0.638 bits per heavy atom. The van der Waals surface area contributed by atoms with E-state index in [1.807, 2.05) is 153 Å². The first-order chi connectivity index (χ1) is 32.5. The van der Waals surface area contributed by atoms with Crippen molar-refractivity contribution in [1.29, 1.82) is 0 Å². The molecule has 15 nitrogen and oxygen atoms in total. The second-order valence-electron chi connectivity index (χ2n) is 22.0. The molecule has 3 amide bonds. The fraction of sp³-hybridized carbons (Fsp3) is 0.556. The van der Waals surface area contributed by atoms with Crippen LogP contribution in [0.1, 0.15) is 98.3 Å². The lowest BCUT2D eigenvalue weighted by Crippen LogP contribution is -2.46. The molecule has 0 bridgehead atoms. The lowest BCUT2D eigenvalue weighted by molar-refractivity contribution is -0.151. The number of rotatable bonds is 9. The van der Waals surface area contributed by atoms with Crippen LogP contribution in [-0.2, 0) is 62.6 Å². The van der Waals surface area contributed by atoms with E-state index in [4.69, 9.17) is 28.4 Å². The Labute approximate surface area is 406 Å². The van der Waals surface area contributed by atoms with Gasteiger partial charge in [0.2, 0.25) is 0 Å². The molecule has 15 heteroatoms. The number of hydrogen-bond acceptors (Lipinski definition) is 12. The summed E-state index contributed by atoms with van der Waals surface area (Å²) < 4.78 is 32.5. The minimum Gasteiger partial charge on any atom is -0.459 e. The molecule has 6 aliphatic rings. The SMILES string of the molecule is CC(C)(C)OC(=O)N1C[C@@H]2C[C@@H]2[C@@H]1C(=O)OCc1ccccc1.CC(C)(C)OC(=O)N1C[C@@H]2C[C@@H]2[C@@H]1C(=O)OCc1ccccc1.CC(C)(C)OC(=O)N1C[C@H]2C[C@H]2[C@H]1C(=O)OCc1ccccc1. The number of fused-ring (bicyclic) bond motifs is 3. The summed E-state index contributed by atoms with van der Waals surface area (Å²) in [6.45, 7) is 18.9. The van der Waals surface area contributed by atoms with Crippen molar-refractivity contribution in [1.82, 2.24) is 14.7 Å². The molecule has 9 rings (SSSR count). The zero-order valence-electron chi connectivity index (χ0n) is 41.5. The van der Waals surface area contributed by atoms with Crippen LogP contribution in [0.25, 0.3) is 0 Å². The van der Waals surface area contributed by atoms with E-state index in [0.29, 0.717) is 37.4 Å². The van der Waals surface area contributed by atoms with Crippen LogP contribution < -0.4 is 0 Å². The van der Waals surface area contributed by atoms with Gasteiger partial charge in [-0.15, -0.1) is 0 Å². The van der Waals surface area contributed by atoms with Gasteiger partial charge in [0.25, 0.3) is 0 Å². The Bertz CT molecular complexity index is 2030. The Morgan fingerprint density at radius 1 is 0.406 bits per heavy atom. The zero-order chi connectivity index (χ0) is 49.8. The number of hydrogen-bond donors (Lipinski definition) is 0. The number of likely N-dealkylation sites (tertiary alicyclic amines) is 3. The normalized spacial score (nSPS) is 25.7. The largest absolute Gasteiger partial charge is 0.459 e. The highest BCUT2D eigenvalue weighted by Crippen LogP contribution is 2.52. The lowest BCUT2D eigenvalue weighted by atomic mass is 10.2. The first-order valence-electron chi connectivity index (χ1n) is 24.2. The van der Waals surface area contributed by atoms with Gasteiger partial charge in [-0.05, 0) is 134 Å². The Balaban J connectivity index is 0.000000153. The predicted molar refractivity (Wildman–Crippen MR) is 254 cm³/mol. The van der Waals surface area contributed by atoms with Crippen LogP contribution in [0.3, 0.4) is 0 Å². The van der Waals surface area contributed by atoms with Crippen LogP contribution in [-0.4, -0.2) is 105 Å². The van der Waals surface area contributed by atoms with E-state index < -0.39 is 53.2 Å². The molecule has 3 aliphatic carbocycles. The number of amides is 3. The minimum absolute atomic E-state index is 0.228. The molecule has 69 heavy (non-hydrogen) atoms. The number of ether oxygens (including phenoxy) is 6. The van der Waals surface area contributed by atoms with E-state index in [1.54, 1.807) is 0 Å². The van der Waals surface area contributed by atoms with Gasteiger partial charge >= 0.3 is 36.2 Å². The molecular weight excluding hydrogens is 883 g/mol. The van der Waals surface area contributed by atoms with Gasteiger partial charge in [-0.25, -0.2) is 28.8 Å². The van der Waals surface area contributed by atoms with E-state index in [1.165, 1.54) is 14.7 Å². The zero-order valence-corrected chi connectivity index (χ0v) is 41.5. The van der Waals surface area contributed by atoms with Gasteiger partial charge in [0.05, 0.1) is 0 Å². The van der Waals surface area contributed by atoms with Crippen molar-refractivity contribution in [2.75, 3.05) is 19.6 Å². The molecule has 3 heterocycles. The minimum atomic E-state index is -0.567. The molecule has 3 aromatic carbocycles. The second kappa shape index (κ2) is 20.9. The fourth-order valence-electron chi connectivity index (χ4n) is 9.27. The van der Waals surface area contributed by atoms with Gasteiger partial charge in [-0.2, -0.15) is 0 Å². The van der Waals surface area contributed by atoms with Gasteiger partial charge in [0, 0.05) is 19.6 Å². The summed E-state index contributed by atoms with van der Waals surface area (Å²) in [6, 6.07) is 27.1. The third kappa shape index (κ3) is 14.0. The van der Waals surface area contributed by atoms with Crippen molar-refractivity contribution in [2.24, 2.45) is 35.5 Å². The summed E-state index contributed by atoms with van der Waals surface area (Å²) in [5.74, 6) is 0.937. The molecule has 372 valence electrons. The fourth-order valence-corrected chi connectivity index (χ4v) is 9.27. The van der Waals surface area contributed by atoms with Gasteiger partial charge < -0.3 is 28.4 Å². The molecule has 3 saturated carbocycles. The number of piperidine rings is 3. The third-order valence-electron chi connectivity index (χ3n) is 12.7. The first-order valence-corrected chi connectivity index (χ1v) is 24.2. The molecule has 6 fully saturated rings. The highest BCUT2D eigenvalue weighted by molar-refractivity contribution is 5.85. The summed E-state index contributed by atoms with van der Waals surface area (Å²) in [7, 11) is 0. The molecule has 0 unspecified atom stereocenters. The van der Waals surface area contributed by atoms with Crippen molar-refractivity contribution in [2.45, 2.75) is 136 Å². The topological polar surface area (TPSA) is 168 Å². The average Bonchev–Trinajstić information content (AvgIpc) is 4.26. The highest BCUT2D eigenvalue weighted by Gasteiger charge is 2.60. The van der Waals surface area contributed by atoms with Gasteiger partial charge in [-0.1, -0.05) is 91.0 Å². The van der Waals surface area contributed by atoms with E-state index in [2.05, 4.69) is 0 Å². The number of nitrogens with zero attached hydrogens (tertiary/aromatic N) is 3. The van der Waals surface area contributed by atoms with Crippen molar-refractivity contribution in [3.8, 4) is 0 Å². The lowest BCUT2D eigenvalue weighted by Gasteiger charge is -2.29. The molecule has 0 spiro atoms. The van der Waals surface area contributed by atoms with Crippen LogP contribution in [0.4, 0.5) is 14.4 Å². The molecule has 3 aromatic rings. The van der Waals surface area contributed by atoms with Gasteiger partial charge in [0.15, 0.2) is 0 Å². The van der Waals surface area contributed by atoms with Crippen molar-refractivity contribution in [3.05, 3.63) is 108 Å². The number of carbonyl (C=O) groups is 6. The van der Waals surface area contributed by atoms with Crippen molar-refractivity contribution < 1.29 is 57.2 Å². The molecular formula is C54H69N3O12. The quantitative estimate of drug-likeness (QED) is 0.148. The van der Waals surface area contributed by atoms with Crippen LogP contribution in [0.5, 0.6) is 0 Å². The number of esters is 3. The molecule has 0 N–H and O–H groups in total. The molecule has 3 saturated heterocycles. The van der Waals surface area contributed by atoms with Crippen LogP contribution in [0.15, 0.2) is 91.0 Å². The number of carbonyl (C=O) groups excluding carboxylic acids is 6. The standard InChI is InChI=1S/3C18H23NO4/c3*1-18(2,3)23-17(21)19-10-13-9-14(13)15(19)16(20)22-11-12-7-5-4-6-8-12/h3*4-8,13-15H,9-11H2,1-3H3/t3*13-,14-,15+/m100/s1. The monoisotopic (exact) mass is 951 g/mol. The Morgan fingerprint density at radius 3 is 0.855 bits per heavy atom. The van der Waals surface area contributed by atoms with E-state index in [9.17, 15) is 28.8 Å². The maximum absolute atomic E-state index is 12.5. The third-order valence-corrected chi connectivity index (χ3v) is 12.7. The summed E-state index contributed by atoms with van der Waals surface area (Å²) in [6.07, 6.45) is 1.70. The molecule has 0 radical (unpaired) electrons. The number of benzene rings is 3. The summed E-state index contributed by atoms with van der Waals surface area (Å²) in [4.78, 5) is 78.9. The summed E-state index contributed by atoms with van der Waals surface area (Å²) >= 11 is 0. The summed E-state index contributed by atoms with van der Waals surface area (Å²) in [5, 5.41) is 0. The maximum Gasteiger partial charge on any atom is 0.411 e. The van der Waals surface area contributed by atoms with Crippen molar-refractivity contribution in [3.63, 3.8) is 0 Å². The van der Waals surface area contributed by atoms with Gasteiger partial charge in [-0.3, -0.25) is 14.7 Å². The Kier molecular flexibility index (Phi) is 15.3. The predicted octanol–water partition coefficient (Wildman–Crippen LogP) is 8.96. The molecule has 3 aliphatic heterocycles. The summed E-state index contributed by atoms with van der Waals surface area (Å²) in [5.41, 5.74) is 1.12. The van der Waals surface area contributed by atoms with E-state index in [0.717, 1.165) is 36.0 Å². The first kappa shape index (κ1) is 50.7. The average molecular weight is 952 g/mol.